The van der Waals surface area contributed by atoms with Gasteiger partial charge in [-0.1, -0.05) is 6.92 Å². The fourth-order valence-corrected chi connectivity index (χ4v) is 2.55. The molecule has 0 aromatic rings. The van der Waals surface area contributed by atoms with Crippen molar-refractivity contribution in [2.75, 3.05) is 32.8 Å². The first-order valence-electron chi connectivity index (χ1n) is 6.91. The Kier molecular flexibility index (Phi) is 5.22. The van der Waals surface area contributed by atoms with E-state index in [9.17, 15) is 5.11 Å². The molecule has 0 bridgehead atoms. The van der Waals surface area contributed by atoms with Gasteiger partial charge in [0.1, 0.15) is 0 Å². The molecule has 0 unspecified atom stereocenters. The van der Waals surface area contributed by atoms with Crippen LogP contribution in [0, 0.1) is 0 Å². The van der Waals surface area contributed by atoms with Crippen LogP contribution in [0.3, 0.4) is 0 Å². The number of ether oxygens (including phenoxy) is 2. The van der Waals surface area contributed by atoms with E-state index in [2.05, 4.69) is 4.90 Å². The second-order valence-corrected chi connectivity index (χ2v) is 5.18. The molecule has 0 radical (unpaired) electrons. The summed E-state index contributed by atoms with van der Waals surface area (Å²) in [5.41, 5.74) is 0. The zero-order valence-electron chi connectivity index (χ0n) is 10.8. The van der Waals surface area contributed by atoms with Gasteiger partial charge in [0, 0.05) is 26.2 Å². The van der Waals surface area contributed by atoms with E-state index < -0.39 is 0 Å². The molecule has 17 heavy (non-hydrogen) atoms. The Morgan fingerprint density at radius 2 is 2.06 bits per heavy atom. The number of rotatable bonds is 5. The van der Waals surface area contributed by atoms with Gasteiger partial charge >= 0.3 is 0 Å². The molecule has 2 rings (SSSR count). The van der Waals surface area contributed by atoms with E-state index in [1.807, 2.05) is 6.92 Å². The van der Waals surface area contributed by atoms with Gasteiger partial charge in [-0.05, 0) is 25.7 Å². The number of aliphatic hydroxyl groups excluding tert-OH is 1. The second-order valence-electron chi connectivity index (χ2n) is 5.18. The van der Waals surface area contributed by atoms with Gasteiger partial charge in [-0.2, -0.15) is 0 Å². The summed E-state index contributed by atoms with van der Waals surface area (Å²) >= 11 is 0. The number of hydrogen-bond donors (Lipinski definition) is 1. The zero-order chi connectivity index (χ0) is 12.1. The van der Waals surface area contributed by atoms with Crippen LogP contribution in [0.2, 0.25) is 0 Å². The fraction of sp³-hybridized carbons (Fsp3) is 1.00. The average Bonchev–Trinajstić information content (AvgIpc) is 2.84. The lowest BCUT2D eigenvalue weighted by atomic mass is 10.1. The molecule has 0 saturated carbocycles. The Balaban J connectivity index is 1.63. The summed E-state index contributed by atoms with van der Waals surface area (Å²) in [6.45, 7) is 6.57. The van der Waals surface area contributed by atoms with Gasteiger partial charge in [0.25, 0.3) is 0 Å². The number of hydrogen-bond acceptors (Lipinski definition) is 4. The molecule has 100 valence electrons. The SMILES string of the molecule is CC[C@@H](O)CN1CCC(O[C@H]2CCOC2)CC1. The third-order valence-electron chi connectivity index (χ3n) is 3.75. The van der Waals surface area contributed by atoms with E-state index in [4.69, 9.17) is 9.47 Å². The number of likely N-dealkylation sites (tertiary alicyclic amines) is 1. The smallest absolute Gasteiger partial charge is 0.0834 e. The van der Waals surface area contributed by atoms with Crippen molar-refractivity contribution < 1.29 is 14.6 Å². The van der Waals surface area contributed by atoms with E-state index >= 15 is 0 Å². The Morgan fingerprint density at radius 3 is 2.65 bits per heavy atom. The fourth-order valence-electron chi connectivity index (χ4n) is 2.55. The van der Waals surface area contributed by atoms with Gasteiger partial charge in [0.05, 0.1) is 24.9 Å². The van der Waals surface area contributed by atoms with Gasteiger partial charge in [-0.15, -0.1) is 0 Å². The second kappa shape index (κ2) is 6.69. The van der Waals surface area contributed by atoms with Crippen LogP contribution in [-0.2, 0) is 9.47 Å². The Morgan fingerprint density at radius 1 is 1.29 bits per heavy atom. The summed E-state index contributed by atoms with van der Waals surface area (Å²) in [6, 6.07) is 0. The van der Waals surface area contributed by atoms with Crippen LogP contribution in [0.1, 0.15) is 32.6 Å². The topological polar surface area (TPSA) is 41.9 Å². The lowest BCUT2D eigenvalue weighted by Crippen LogP contribution is -2.41. The number of aliphatic hydroxyl groups is 1. The molecular weight excluding hydrogens is 218 g/mol. The minimum Gasteiger partial charge on any atom is -0.392 e. The molecule has 4 heteroatoms. The van der Waals surface area contributed by atoms with Crippen LogP contribution in [0.15, 0.2) is 0 Å². The Labute approximate surface area is 104 Å². The minimum absolute atomic E-state index is 0.171. The van der Waals surface area contributed by atoms with Gasteiger partial charge < -0.3 is 19.5 Å². The van der Waals surface area contributed by atoms with Gasteiger partial charge in [-0.25, -0.2) is 0 Å². The molecule has 1 N–H and O–H groups in total. The lowest BCUT2D eigenvalue weighted by Gasteiger charge is -2.33. The molecule has 0 spiro atoms. The van der Waals surface area contributed by atoms with Crippen molar-refractivity contribution in [3.8, 4) is 0 Å². The van der Waals surface area contributed by atoms with Crippen molar-refractivity contribution in [3.05, 3.63) is 0 Å². The maximum absolute atomic E-state index is 9.62. The molecular formula is C13H25NO3. The molecule has 0 aromatic carbocycles. The van der Waals surface area contributed by atoms with Crippen molar-refractivity contribution in [1.29, 1.82) is 0 Å². The van der Waals surface area contributed by atoms with E-state index in [-0.39, 0.29) is 6.10 Å². The van der Waals surface area contributed by atoms with Crippen molar-refractivity contribution >= 4 is 0 Å². The predicted octanol–water partition coefficient (Wildman–Crippen LogP) is 1.03. The summed E-state index contributed by atoms with van der Waals surface area (Å²) in [6.07, 6.45) is 4.63. The monoisotopic (exact) mass is 243 g/mol. The molecule has 2 heterocycles. The molecule has 4 nitrogen and oxygen atoms in total. The van der Waals surface area contributed by atoms with Crippen LogP contribution in [0.4, 0.5) is 0 Å². The predicted molar refractivity (Wildman–Crippen MR) is 66.1 cm³/mol. The van der Waals surface area contributed by atoms with Crippen LogP contribution >= 0.6 is 0 Å². The van der Waals surface area contributed by atoms with E-state index in [1.165, 1.54) is 0 Å². The highest BCUT2D eigenvalue weighted by Gasteiger charge is 2.25. The number of piperidine rings is 1. The third kappa shape index (κ3) is 4.21. The first-order valence-corrected chi connectivity index (χ1v) is 6.91. The van der Waals surface area contributed by atoms with Crippen molar-refractivity contribution in [3.63, 3.8) is 0 Å². The van der Waals surface area contributed by atoms with Crippen LogP contribution in [-0.4, -0.2) is 61.2 Å². The van der Waals surface area contributed by atoms with E-state index in [0.717, 1.165) is 58.5 Å². The van der Waals surface area contributed by atoms with Crippen molar-refractivity contribution in [2.45, 2.75) is 50.9 Å². The molecule has 2 saturated heterocycles. The normalized spacial score (nSPS) is 29.6. The molecule has 0 aromatic heterocycles. The highest BCUT2D eigenvalue weighted by molar-refractivity contribution is 4.76. The van der Waals surface area contributed by atoms with Gasteiger partial charge in [0.2, 0.25) is 0 Å². The summed E-state index contributed by atoms with van der Waals surface area (Å²) in [5, 5.41) is 9.62. The molecule has 0 amide bonds. The lowest BCUT2D eigenvalue weighted by molar-refractivity contribution is -0.0479. The third-order valence-corrected chi connectivity index (χ3v) is 3.75. The first kappa shape index (κ1) is 13.3. The Hall–Kier alpha value is -0.160. The molecule has 2 aliphatic rings. The van der Waals surface area contributed by atoms with Gasteiger partial charge in [-0.3, -0.25) is 0 Å². The van der Waals surface area contributed by atoms with Gasteiger partial charge in [0.15, 0.2) is 0 Å². The van der Waals surface area contributed by atoms with E-state index in [1.54, 1.807) is 0 Å². The summed E-state index contributed by atoms with van der Waals surface area (Å²) < 4.78 is 11.3. The highest BCUT2D eigenvalue weighted by atomic mass is 16.5. The maximum Gasteiger partial charge on any atom is 0.0834 e. The maximum atomic E-state index is 9.62. The highest BCUT2D eigenvalue weighted by Crippen LogP contribution is 2.19. The first-order chi connectivity index (χ1) is 8.28. The summed E-state index contributed by atoms with van der Waals surface area (Å²) in [5.74, 6) is 0. The summed E-state index contributed by atoms with van der Waals surface area (Å²) in [7, 11) is 0. The standard InChI is InChI=1S/C13H25NO3/c1-2-11(15)9-14-6-3-12(4-7-14)17-13-5-8-16-10-13/h11-13,15H,2-10H2,1H3/t11-,13+/m1/s1. The van der Waals surface area contributed by atoms with Crippen molar-refractivity contribution in [2.24, 2.45) is 0 Å². The van der Waals surface area contributed by atoms with Crippen LogP contribution < -0.4 is 0 Å². The van der Waals surface area contributed by atoms with Crippen molar-refractivity contribution in [1.82, 2.24) is 4.90 Å². The van der Waals surface area contributed by atoms with Crippen LogP contribution in [0.25, 0.3) is 0 Å². The van der Waals surface area contributed by atoms with Crippen LogP contribution in [0.5, 0.6) is 0 Å². The average molecular weight is 243 g/mol. The molecule has 2 aliphatic heterocycles. The number of β-amino-alcohol motifs (C(OH)–C–C–N with tert-alkyl or cyclic N) is 1. The molecule has 2 fully saturated rings. The largest absolute Gasteiger partial charge is 0.392 e. The minimum atomic E-state index is -0.171. The molecule has 2 atom stereocenters. The quantitative estimate of drug-likeness (QED) is 0.783. The summed E-state index contributed by atoms with van der Waals surface area (Å²) in [4.78, 5) is 2.35. The Bertz CT molecular complexity index is 211. The zero-order valence-corrected chi connectivity index (χ0v) is 10.8. The molecule has 0 aliphatic carbocycles. The number of nitrogens with zero attached hydrogens (tertiary/aromatic N) is 1. The van der Waals surface area contributed by atoms with E-state index in [0.29, 0.717) is 12.2 Å².